The van der Waals surface area contributed by atoms with Crippen LogP contribution in [0.25, 0.3) is 0 Å². The normalized spacial score (nSPS) is 15.5. The summed E-state index contributed by atoms with van der Waals surface area (Å²) in [6, 6.07) is 12.3. The molecule has 3 rings (SSSR count). The van der Waals surface area contributed by atoms with Crippen molar-refractivity contribution in [2.75, 3.05) is 26.9 Å². The number of ether oxygens (including phenoxy) is 4. The van der Waals surface area contributed by atoms with Gasteiger partial charge in [0.05, 0.1) is 26.9 Å². The Kier molecular flexibility index (Phi) is 7.46. The number of benzene rings is 2. The SMILES string of the molecule is CCCCOc1ccc2c(c1)OC[C@H](c1ccc(OC)cc1OCCCC)C2. The Morgan fingerprint density at radius 3 is 2.43 bits per heavy atom. The van der Waals surface area contributed by atoms with Gasteiger partial charge < -0.3 is 18.9 Å². The zero-order valence-corrected chi connectivity index (χ0v) is 17.3. The number of hydrogen-bond acceptors (Lipinski definition) is 4. The molecule has 0 spiro atoms. The molecule has 28 heavy (non-hydrogen) atoms. The van der Waals surface area contributed by atoms with Gasteiger partial charge in [0.2, 0.25) is 0 Å². The van der Waals surface area contributed by atoms with E-state index in [0.717, 1.165) is 68.3 Å². The molecule has 0 saturated heterocycles. The molecule has 0 amide bonds. The largest absolute Gasteiger partial charge is 0.497 e. The molecule has 4 nitrogen and oxygen atoms in total. The van der Waals surface area contributed by atoms with Gasteiger partial charge in [-0.1, -0.05) is 38.8 Å². The van der Waals surface area contributed by atoms with Gasteiger partial charge in [0.15, 0.2) is 0 Å². The van der Waals surface area contributed by atoms with E-state index in [2.05, 4.69) is 26.0 Å². The quantitative estimate of drug-likeness (QED) is 0.487. The fourth-order valence-corrected chi connectivity index (χ4v) is 3.41. The molecule has 1 heterocycles. The number of unbranched alkanes of at least 4 members (excludes halogenated alkanes) is 2. The highest BCUT2D eigenvalue weighted by Crippen LogP contribution is 2.39. The molecule has 2 aromatic rings. The van der Waals surface area contributed by atoms with E-state index in [-0.39, 0.29) is 5.92 Å². The molecular weight excluding hydrogens is 352 g/mol. The van der Waals surface area contributed by atoms with Crippen molar-refractivity contribution in [2.45, 2.75) is 51.9 Å². The van der Waals surface area contributed by atoms with E-state index in [1.807, 2.05) is 24.3 Å². The van der Waals surface area contributed by atoms with E-state index in [0.29, 0.717) is 6.61 Å². The van der Waals surface area contributed by atoms with Gasteiger partial charge in [-0.15, -0.1) is 0 Å². The first-order valence-corrected chi connectivity index (χ1v) is 10.4. The molecule has 1 aliphatic heterocycles. The lowest BCUT2D eigenvalue weighted by molar-refractivity contribution is 0.250. The molecule has 0 aromatic heterocycles. The molecule has 2 aromatic carbocycles. The average molecular weight is 385 g/mol. The van der Waals surface area contributed by atoms with Crippen LogP contribution < -0.4 is 18.9 Å². The first-order valence-electron chi connectivity index (χ1n) is 10.4. The Morgan fingerprint density at radius 2 is 1.68 bits per heavy atom. The van der Waals surface area contributed by atoms with Gasteiger partial charge in [-0.05, 0) is 37.0 Å². The summed E-state index contributed by atoms with van der Waals surface area (Å²) in [6.45, 7) is 6.45. The predicted molar refractivity (Wildman–Crippen MR) is 112 cm³/mol. The predicted octanol–water partition coefficient (Wildman–Crippen LogP) is 5.77. The summed E-state index contributed by atoms with van der Waals surface area (Å²) >= 11 is 0. The summed E-state index contributed by atoms with van der Waals surface area (Å²) in [5.74, 6) is 3.82. The highest BCUT2D eigenvalue weighted by Gasteiger charge is 2.25. The van der Waals surface area contributed by atoms with Crippen LogP contribution >= 0.6 is 0 Å². The van der Waals surface area contributed by atoms with Crippen molar-refractivity contribution in [3.05, 3.63) is 47.5 Å². The Hall–Kier alpha value is -2.36. The molecular formula is C24H32O4. The van der Waals surface area contributed by atoms with Crippen LogP contribution in [-0.4, -0.2) is 26.9 Å². The van der Waals surface area contributed by atoms with Crippen LogP contribution in [-0.2, 0) is 6.42 Å². The average Bonchev–Trinajstić information content (AvgIpc) is 2.73. The topological polar surface area (TPSA) is 36.9 Å². The van der Waals surface area contributed by atoms with Crippen molar-refractivity contribution in [3.63, 3.8) is 0 Å². The molecule has 0 unspecified atom stereocenters. The van der Waals surface area contributed by atoms with E-state index in [4.69, 9.17) is 18.9 Å². The van der Waals surface area contributed by atoms with Crippen molar-refractivity contribution in [1.82, 2.24) is 0 Å². The van der Waals surface area contributed by atoms with Gasteiger partial charge in [0.25, 0.3) is 0 Å². The van der Waals surface area contributed by atoms with E-state index < -0.39 is 0 Å². The third kappa shape index (κ3) is 5.12. The van der Waals surface area contributed by atoms with Gasteiger partial charge in [0, 0.05) is 23.6 Å². The number of fused-ring (bicyclic) bond motifs is 1. The maximum Gasteiger partial charge on any atom is 0.126 e. The van der Waals surface area contributed by atoms with Crippen LogP contribution in [0.4, 0.5) is 0 Å². The summed E-state index contributed by atoms with van der Waals surface area (Å²) in [6.07, 6.45) is 5.29. The van der Waals surface area contributed by atoms with Gasteiger partial charge in [-0.25, -0.2) is 0 Å². The first-order chi connectivity index (χ1) is 13.7. The Labute approximate surface area is 168 Å². The van der Waals surface area contributed by atoms with E-state index in [1.54, 1.807) is 7.11 Å². The van der Waals surface area contributed by atoms with E-state index >= 15 is 0 Å². The molecule has 0 saturated carbocycles. The van der Waals surface area contributed by atoms with Crippen LogP contribution in [0, 0.1) is 0 Å². The zero-order valence-electron chi connectivity index (χ0n) is 17.3. The van der Waals surface area contributed by atoms with Crippen molar-refractivity contribution < 1.29 is 18.9 Å². The second kappa shape index (κ2) is 10.3. The molecule has 1 atom stereocenters. The number of hydrogen-bond donors (Lipinski definition) is 0. The standard InChI is InChI=1S/C24H32O4/c1-4-6-12-26-21-9-8-18-14-19(17-28-23(18)16-21)22-11-10-20(25-3)15-24(22)27-13-7-5-2/h8-11,15-16,19H,4-7,12-14,17H2,1-3H3/t19-/m1/s1. The van der Waals surface area contributed by atoms with E-state index in [9.17, 15) is 0 Å². The monoisotopic (exact) mass is 384 g/mol. The summed E-state index contributed by atoms with van der Waals surface area (Å²) in [7, 11) is 1.69. The van der Waals surface area contributed by atoms with Crippen molar-refractivity contribution in [3.8, 4) is 23.0 Å². The molecule has 0 radical (unpaired) electrons. The van der Waals surface area contributed by atoms with Crippen molar-refractivity contribution in [2.24, 2.45) is 0 Å². The van der Waals surface area contributed by atoms with Gasteiger partial charge in [-0.3, -0.25) is 0 Å². The Morgan fingerprint density at radius 1 is 0.929 bits per heavy atom. The highest BCUT2D eigenvalue weighted by atomic mass is 16.5. The number of rotatable bonds is 10. The maximum absolute atomic E-state index is 6.11. The molecule has 4 heteroatoms. The third-order valence-electron chi connectivity index (χ3n) is 5.13. The lowest BCUT2D eigenvalue weighted by atomic mass is 9.89. The van der Waals surface area contributed by atoms with Gasteiger partial charge in [-0.2, -0.15) is 0 Å². The fraction of sp³-hybridized carbons (Fsp3) is 0.500. The summed E-state index contributed by atoms with van der Waals surface area (Å²) in [4.78, 5) is 0. The maximum atomic E-state index is 6.11. The highest BCUT2D eigenvalue weighted by molar-refractivity contribution is 5.47. The van der Waals surface area contributed by atoms with Gasteiger partial charge >= 0.3 is 0 Å². The molecule has 0 fully saturated rings. The summed E-state index contributed by atoms with van der Waals surface area (Å²) in [5.41, 5.74) is 2.40. The Balaban J connectivity index is 1.74. The van der Waals surface area contributed by atoms with Crippen LogP contribution in [0.1, 0.15) is 56.6 Å². The second-order valence-electron chi connectivity index (χ2n) is 7.29. The van der Waals surface area contributed by atoms with Crippen LogP contribution in [0.5, 0.6) is 23.0 Å². The second-order valence-corrected chi connectivity index (χ2v) is 7.29. The molecule has 0 aliphatic carbocycles. The third-order valence-corrected chi connectivity index (χ3v) is 5.13. The van der Waals surface area contributed by atoms with Crippen molar-refractivity contribution in [1.29, 1.82) is 0 Å². The lowest BCUT2D eigenvalue weighted by Crippen LogP contribution is -2.20. The molecule has 0 bridgehead atoms. The van der Waals surface area contributed by atoms with Crippen molar-refractivity contribution >= 4 is 0 Å². The Bertz CT molecular complexity index is 756. The minimum atomic E-state index is 0.266. The minimum Gasteiger partial charge on any atom is -0.497 e. The molecule has 152 valence electrons. The van der Waals surface area contributed by atoms with Crippen LogP contribution in [0.15, 0.2) is 36.4 Å². The zero-order chi connectivity index (χ0) is 19.8. The first kappa shape index (κ1) is 20.4. The summed E-state index contributed by atoms with van der Waals surface area (Å²) < 4.78 is 23.4. The smallest absolute Gasteiger partial charge is 0.126 e. The summed E-state index contributed by atoms with van der Waals surface area (Å²) in [5, 5.41) is 0. The van der Waals surface area contributed by atoms with Crippen LogP contribution in [0.2, 0.25) is 0 Å². The molecule has 1 aliphatic rings. The molecule has 0 N–H and O–H groups in total. The van der Waals surface area contributed by atoms with Gasteiger partial charge in [0.1, 0.15) is 23.0 Å². The lowest BCUT2D eigenvalue weighted by Gasteiger charge is -2.27. The minimum absolute atomic E-state index is 0.266. The van der Waals surface area contributed by atoms with E-state index in [1.165, 1.54) is 11.1 Å². The number of methoxy groups -OCH3 is 1. The van der Waals surface area contributed by atoms with Crippen LogP contribution in [0.3, 0.4) is 0 Å². The fourth-order valence-electron chi connectivity index (χ4n) is 3.41.